The van der Waals surface area contributed by atoms with Gasteiger partial charge in [0.1, 0.15) is 12.4 Å². The number of benzene rings is 1. The minimum atomic E-state index is 0.131. The molecule has 1 aromatic rings. The van der Waals surface area contributed by atoms with E-state index in [1.165, 1.54) is 25.7 Å². The van der Waals surface area contributed by atoms with Crippen molar-refractivity contribution in [3.05, 3.63) is 29.3 Å². The van der Waals surface area contributed by atoms with Crippen molar-refractivity contribution in [3.63, 3.8) is 0 Å². The molecule has 0 aromatic heterocycles. The van der Waals surface area contributed by atoms with E-state index < -0.39 is 0 Å². The molecule has 1 fully saturated rings. The highest BCUT2D eigenvalue weighted by Gasteiger charge is 2.24. The molecular weight excluding hydrogens is 246 g/mol. The monoisotopic (exact) mass is 267 g/mol. The van der Waals surface area contributed by atoms with Crippen LogP contribution in [0.1, 0.15) is 32.6 Å². The van der Waals surface area contributed by atoms with Gasteiger partial charge in [0.05, 0.1) is 0 Å². The molecule has 0 amide bonds. The summed E-state index contributed by atoms with van der Waals surface area (Å²) < 4.78 is 5.73. The van der Waals surface area contributed by atoms with E-state index in [9.17, 15) is 0 Å². The van der Waals surface area contributed by atoms with Crippen LogP contribution in [-0.4, -0.2) is 12.6 Å². The third kappa shape index (κ3) is 3.89. The molecule has 1 aromatic carbocycles. The molecule has 18 heavy (non-hydrogen) atoms. The van der Waals surface area contributed by atoms with Crippen molar-refractivity contribution in [3.8, 4) is 5.75 Å². The van der Waals surface area contributed by atoms with Crippen molar-refractivity contribution in [2.45, 2.75) is 38.6 Å². The molecule has 0 saturated heterocycles. The first-order chi connectivity index (χ1) is 8.65. The number of halogens is 1. The summed E-state index contributed by atoms with van der Waals surface area (Å²) in [5, 5.41) is 0.701. The Morgan fingerprint density at radius 2 is 2.28 bits per heavy atom. The summed E-state index contributed by atoms with van der Waals surface area (Å²) in [5.74, 6) is 2.22. The quantitative estimate of drug-likeness (QED) is 0.899. The number of rotatable bonds is 4. The van der Waals surface area contributed by atoms with Crippen LogP contribution in [0.25, 0.3) is 0 Å². The van der Waals surface area contributed by atoms with Crippen LogP contribution in [0.2, 0.25) is 5.02 Å². The first-order valence-electron chi connectivity index (χ1n) is 6.79. The molecule has 0 aliphatic heterocycles. The summed E-state index contributed by atoms with van der Waals surface area (Å²) in [7, 11) is 0. The van der Waals surface area contributed by atoms with Crippen LogP contribution in [0.3, 0.4) is 0 Å². The number of hydrogen-bond donors (Lipinski definition) is 1. The van der Waals surface area contributed by atoms with E-state index in [1.807, 2.05) is 24.3 Å². The molecule has 0 bridgehead atoms. The summed E-state index contributed by atoms with van der Waals surface area (Å²) in [6.45, 7) is 2.90. The van der Waals surface area contributed by atoms with Crippen molar-refractivity contribution in [1.82, 2.24) is 0 Å². The van der Waals surface area contributed by atoms with Gasteiger partial charge in [-0.3, -0.25) is 0 Å². The van der Waals surface area contributed by atoms with E-state index >= 15 is 0 Å². The Hall–Kier alpha value is -0.730. The highest BCUT2D eigenvalue weighted by Crippen LogP contribution is 2.30. The third-order valence-corrected chi connectivity index (χ3v) is 4.06. The molecule has 0 spiro atoms. The standard InChI is InChI=1S/C15H22ClNO/c1-11-4-2-5-12(8-11)15(17)10-18-14-7-3-6-13(16)9-14/h3,6-7,9,11-12,15H,2,4-5,8,10,17H2,1H3. The van der Waals surface area contributed by atoms with Crippen molar-refractivity contribution in [1.29, 1.82) is 0 Å². The predicted octanol–water partition coefficient (Wildman–Crippen LogP) is 3.87. The number of nitrogens with two attached hydrogens (primary N) is 1. The largest absolute Gasteiger partial charge is 0.492 e. The second-order valence-corrected chi connectivity index (χ2v) is 5.90. The van der Waals surface area contributed by atoms with Gasteiger partial charge in [0.15, 0.2) is 0 Å². The average molecular weight is 268 g/mol. The minimum Gasteiger partial charge on any atom is -0.492 e. The zero-order chi connectivity index (χ0) is 13.0. The van der Waals surface area contributed by atoms with E-state index in [1.54, 1.807) is 0 Å². The smallest absolute Gasteiger partial charge is 0.120 e. The zero-order valence-corrected chi connectivity index (χ0v) is 11.7. The van der Waals surface area contributed by atoms with Crippen LogP contribution in [-0.2, 0) is 0 Å². The van der Waals surface area contributed by atoms with E-state index in [2.05, 4.69) is 6.92 Å². The van der Waals surface area contributed by atoms with Gasteiger partial charge in [-0.05, 0) is 42.9 Å². The summed E-state index contributed by atoms with van der Waals surface area (Å²) in [6.07, 6.45) is 5.12. The molecule has 3 unspecified atom stereocenters. The lowest BCUT2D eigenvalue weighted by molar-refractivity contribution is 0.189. The maximum absolute atomic E-state index is 6.24. The van der Waals surface area contributed by atoms with E-state index in [4.69, 9.17) is 22.1 Å². The maximum Gasteiger partial charge on any atom is 0.120 e. The molecule has 2 nitrogen and oxygen atoms in total. The SMILES string of the molecule is CC1CCCC(C(N)COc2cccc(Cl)c2)C1. The second-order valence-electron chi connectivity index (χ2n) is 5.46. The summed E-state index contributed by atoms with van der Waals surface area (Å²) in [4.78, 5) is 0. The maximum atomic E-state index is 6.24. The van der Waals surface area contributed by atoms with Gasteiger partial charge in [0.2, 0.25) is 0 Å². The highest BCUT2D eigenvalue weighted by atomic mass is 35.5. The topological polar surface area (TPSA) is 35.2 Å². The number of hydrogen-bond acceptors (Lipinski definition) is 2. The van der Waals surface area contributed by atoms with Crippen LogP contribution < -0.4 is 10.5 Å². The molecule has 0 heterocycles. The average Bonchev–Trinajstić information content (AvgIpc) is 2.36. The lowest BCUT2D eigenvalue weighted by Crippen LogP contribution is -2.38. The Balaban J connectivity index is 1.82. The van der Waals surface area contributed by atoms with Gasteiger partial charge in [-0.2, -0.15) is 0 Å². The summed E-state index contributed by atoms with van der Waals surface area (Å²) in [6, 6.07) is 7.62. The fourth-order valence-corrected chi connectivity index (χ4v) is 2.94. The first-order valence-corrected chi connectivity index (χ1v) is 7.17. The number of ether oxygens (including phenoxy) is 1. The van der Waals surface area contributed by atoms with Gasteiger partial charge in [0, 0.05) is 11.1 Å². The Bertz CT molecular complexity index is 383. The second kappa shape index (κ2) is 6.44. The molecule has 1 saturated carbocycles. The van der Waals surface area contributed by atoms with Gasteiger partial charge >= 0.3 is 0 Å². The van der Waals surface area contributed by atoms with Crippen molar-refractivity contribution < 1.29 is 4.74 Å². The molecule has 1 aliphatic carbocycles. The molecule has 100 valence electrons. The van der Waals surface area contributed by atoms with E-state index in [-0.39, 0.29) is 6.04 Å². The van der Waals surface area contributed by atoms with Crippen LogP contribution in [0.4, 0.5) is 0 Å². The molecule has 1 aliphatic rings. The zero-order valence-electron chi connectivity index (χ0n) is 10.9. The normalized spacial score (nSPS) is 25.7. The van der Waals surface area contributed by atoms with Crippen LogP contribution in [0.15, 0.2) is 24.3 Å². The van der Waals surface area contributed by atoms with Crippen LogP contribution in [0, 0.1) is 11.8 Å². The highest BCUT2D eigenvalue weighted by molar-refractivity contribution is 6.30. The predicted molar refractivity (Wildman–Crippen MR) is 76.0 cm³/mol. The minimum absolute atomic E-state index is 0.131. The van der Waals surface area contributed by atoms with Gasteiger partial charge in [-0.15, -0.1) is 0 Å². The van der Waals surface area contributed by atoms with E-state index in [0.29, 0.717) is 17.5 Å². The third-order valence-electron chi connectivity index (χ3n) is 3.82. The lowest BCUT2D eigenvalue weighted by atomic mass is 9.79. The van der Waals surface area contributed by atoms with Crippen molar-refractivity contribution >= 4 is 11.6 Å². The molecule has 2 rings (SSSR count). The van der Waals surface area contributed by atoms with Crippen molar-refractivity contribution in [2.24, 2.45) is 17.6 Å². The molecule has 0 radical (unpaired) electrons. The van der Waals surface area contributed by atoms with E-state index in [0.717, 1.165) is 11.7 Å². The van der Waals surface area contributed by atoms with Gasteiger partial charge in [-0.1, -0.05) is 37.4 Å². The van der Waals surface area contributed by atoms with Crippen LogP contribution in [0.5, 0.6) is 5.75 Å². The fourth-order valence-electron chi connectivity index (χ4n) is 2.76. The van der Waals surface area contributed by atoms with Crippen LogP contribution >= 0.6 is 11.6 Å². The first kappa shape index (κ1) is 13.7. The van der Waals surface area contributed by atoms with Crippen molar-refractivity contribution in [2.75, 3.05) is 6.61 Å². The fraction of sp³-hybridized carbons (Fsp3) is 0.600. The summed E-state index contributed by atoms with van der Waals surface area (Å²) >= 11 is 5.92. The Kier molecular flexibility index (Phi) is 4.90. The Morgan fingerprint density at radius 3 is 3.00 bits per heavy atom. The molecule has 3 atom stereocenters. The molecule has 2 N–H and O–H groups in total. The lowest BCUT2D eigenvalue weighted by Gasteiger charge is -2.31. The molecule has 3 heteroatoms. The Morgan fingerprint density at radius 1 is 1.44 bits per heavy atom. The summed E-state index contributed by atoms with van der Waals surface area (Å²) in [5.41, 5.74) is 6.24. The van der Waals surface area contributed by atoms with Gasteiger partial charge in [0.25, 0.3) is 0 Å². The molecular formula is C15H22ClNO. The van der Waals surface area contributed by atoms with Gasteiger partial charge < -0.3 is 10.5 Å². The van der Waals surface area contributed by atoms with Gasteiger partial charge in [-0.25, -0.2) is 0 Å². The Labute approximate surface area is 114 Å².